The number of nitrogens with two attached hydrogens (primary N) is 1. The number of hydrogen-bond donors (Lipinski definition) is 6. The Bertz CT molecular complexity index is 440. The lowest BCUT2D eigenvalue weighted by Gasteiger charge is -2.37. The molecule has 1 aliphatic carbocycles. The Morgan fingerprint density at radius 3 is 2.84 bits per heavy atom. The molecule has 9 nitrogen and oxygen atoms in total. The number of hydrogen-bond acceptors (Lipinski definition) is 7. The van der Waals surface area contributed by atoms with E-state index < -0.39 is 0 Å². The van der Waals surface area contributed by atoms with Gasteiger partial charge in [0.1, 0.15) is 13.1 Å². The van der Waals surface area contributed by atoms with Crippen LogP contribution in [0.1, 0.15) is 39.0 Å². The molecule has 2 heterocycles. The number of nitrogens with one attached hydrogen (secondary N) is 5. The SMILES string of the molecule is CC1CC(NCCCN)NC(NC(=O)NC2CCC3OCOC3C2)N1. The topological polar surface area (TPSA) is 122 Å². The van der Waals surface area contributed by atoms with Crippen molar-refractivity contribution in [3.63, 3.8) is 0 Å². The highest BCUT2D eigenvalue weighted by atomic mass is 16.7. The Labute approximate surface area is 149 Å². The second-order valence-electron chi connectivity index (χ2n) is 7.21. The van der Waals surface area contributed by atoms with E-state index in [9.17, 15) is 4.79 Å². The molecule has 0 aromatic rings. The van der Waals surface area contributed by atoms with E-state index in [0.717, 1.165) is 38.6 Å². The minimum Gasteiger partial charge on any atom is -0.349 e. The lowest BCUT2D eigenvalue weighted by molar-refractivity contribution is 0.0393. The zero-order chi connectivity index (χ0) is 17.6. The number of ether oxygens (including phenoxy) is 2. The fourth-order valence-electron chi connectivity index (χ4n) is 3.80. The molecule has 1 saturated carbocycles. The van der Waals surface area contributed by atoms with Gasteiger partial charge >= 0.3 is 6.03 Å². The molecule has 6 unspecified atom stereocenters. The number of carbonyl (C=O) groups is 1. The zero-order valence-electron chi connectivity index (χ0n) is 14.9. The maximum atomic E-state index is 12.3. The van der Waals surface area contributed by atoms with Crippen LogP contribution in [-0.2, 0) is 9.47 Å². The highest BCUT2D eigenvalue weighted by molar-refractivity contribution is 5.74. The van der Waals surface area contributed by atoms with Crippen LogP contribution in [0.4, 0.5) is 4.79 Å². The zero-order valence-corrected chi connectivity index (χ0v) is 14.9. The maximum absolute atomic E-state index is 12.3. The fourth-order valence-corrected chi connectivity index (χ4v) is 3.80. The molecule has 0 aromatic carbocycles. The average molecular weight is 356 g/mol. The van der Waals surface area contributed by atoms with Gasteiger partial charge in [-0.2, -0.15) is 0 Å². The minimum absolute atomic E-state index is 0.112. The molecule has 0 aromatic heterocycles. The van der Waals surface area contributed by atoms with Crippen LogP contribution in [0.3, 0.4) is 0 Å². The molecule has 0 spiro atoms. The smallest absolute Gasteiger partial charge is 0.317 e. The Kier molecular flexibility index (Phi) is 6.85. The number of amides is 2. The lowest BCUT2D eigenvalue weighted by atomic mass is 9.91. The van der Waals surface area contributed by atoms with Gasteiger partial charge in [-0.25, -0.2) is 4.79 Å². The summed E-state index contributed by atoms with van der Waals surface area (Å²) in [7, 11) is 0. The van der Waals surface area contributed by atoms with Crippen LogP contribution in [0, 0.1) is 0 Å². The standard InChI is InChI=1S/C16H32N6O3/c1-10-7-14(18-6-2-5-17)21-15(19-10)22-16(23)20-11-3-4-12-13(8-11)25-9-24-12/h10-15,18-19,21H,2-9,17H2,1H3,(H2,20,22,23). The van der Waals surface area contributed by atoms with Crippen LogP contribution in [-0.4, -0.2) is 62.7 Å². The summed E-state index contributed by atoms with van der Waals surface area (Å²) in [6.45, 7) is 4.03. The van der Waals surface area contributed by atoms with E-state index in [2.05, 4.69) is 33.5 Å². The second kappa shape index (κ2) is 9.11. The number of fused-ring (bicyclic) bond motifs is 1. The molecule has 25 heavy (non-hydrogen) atoms. The molecule has 3 aliphatic rings. The highest BCUT2D eigenvalue weighted by Gasteiger charge is 2.36. The number of rotatable bonds is 6. The Morgan fingerprint density at radius 1 is 1.16 bits per heavy atom. The third-order valence-electron chi connectivity index (χ3n) is 5.09. The van der Waals surface area contributed by atoms with Gasteiger partial charge in [-0.05, 0) is 52.1 Å². The van der Waals surface area contributed by atoms with Crippen LogP contribution in [0.5, 0.6) is 0 Å². The molecular formula is C16H32N6O3. The molecule has 7 N–H and O–H groups in total. The third kappa shape index (κ3) is 5.50. The Morgan fingerprint density at radius 2 is 2.00 bits per heavy atom. The van der Waals surface area contributed by atoms with Gasteiger partial charge < -0.3 is 31.2 Å². The van der Waals surface area contributed by atoms with Gasteiger partial charge in [0.25, 0.3) is 0 Å². The van der Waals surface area contributed by atoms with Crippen LogP contribution in [0.25, 0.3) is 0 Å². The average Bonchev–Trinajstić information content (AvgIpc) is 3.02. The van der Waals surface area contributed by atoms with Gasteiger partial charge in [-0.1, -0.05) is 0 Å². The molecule has 2 amide bonds. The third-order valence-corrected chi connectivity index (χ3v) is 5.09. The first-order valence-corrected chi connectivity index (χ1v) is 9.40. The van der Waals surface area contributed by atoms with E-state index in [1.807, 2.05) is 0 Å². The van der Waals surface area contributed by atoms with Crippen molar-refractivity contribution in [2.45, 2.75) is 75.8 Å². The predicted octanol–water partition coefficient (Wildman–Crippen LogP) is -0.901. The summed E-state index contributed by atoms with van der Waals surface area (Å²) in [5.74, 6) is 0. The molecule has 3 fully saturated rings. The van der Waals surface area contributed by atoms with Gasteiger partial charge in [-0.15, -0.1) is 0 Å². The first-order valence-electron chi connectivity index (χ1n) is 9.40. The van der Waals surface area contributed by atoms with Gasteiger partial charge in [0.2, 0.25) is 0 Å². The van der Waals surface area contributed by atoms with E-state index in [-0.39, 0.29) is 36.7 Å². The second-order valence-corrected chi connectivity index (χ2v) is 7.21. The molecule has 0 radical (unpaired) electrons. The molecular weight excluding hydrogens is 324 g/mol. The van der Waals surface area contributed by atoms with Crippen molar-refractivity contribution in [1.82, 2.24) is 26.6 Å². The van der Waals surface area contributed by atoms with Crippen molar-refractivity contribution in [1.29, 1.82) is 0 Å². The maximum Gasteiger partial charge on any atom is 0.317 e. The van der Waals surface area contributed by atoms with Crippen molar-refractivity contribution in [3.8, 4) is 0 Å². The summed E-state index contributed by atoms with van der Waals surface area (Å²) in [5.41, 5.74) is 5.53. The van der Waals surface area contributed by atoms with E-state index >= 15 is 0 Å². The van der Waals surface area contributed by atoms with Crippen molar-refractivity contribution in [3.05, 3.63) is 0 Å². The predicted molar refractivity (Wildman–Crippen MR) is 93.5 cm³/mol. The van der Waals surface area contributed by atoms with Crippen LogP contribution < -0.4 is 32.3 Å². The van der Waals surface area contributed by atoms with Crippen molar-refractivity contribution >= 4 is 6.03 Å². The van der Waals surface area contributed by atoms with E-state index in [1.54, 1.807) is 0 Å². The molecule has 0 bridgehead atoms. The summed E-state index contributed by atoms with van der Waals surface area (Å²) in [5, 5.41) is 16.2. The Balaban J connectivity index is 1.40. The van der Waals surface area contributed by atoms with Crippen LogP contribution in [0.15, 0.2) is 0 Å². The number of urea groups is 1. The molecule has 144 valence electrons. The summed E-state index contributed by atoms with van der Waals surface area (Å²) >= 11 is 0. The van der Waals surface area contributed by atoms with E-state index in [4.69, 9.17) is 15.2 Å². The Hall–Kier alpha value is -0.970. The van der Waals surface area contributed by atoms with Crippen molar-refractivity contribution in [2.75, 3.05) is 19.9 Å². The van der Waals surface area contributed by atoms with Crippen LogP contribution >= 0.6 is 0 Å². The highest BCUT2D eigenvalue weighted by Crippen LogP contribution is 2.28. The molecule has 9 heteroatoms. The van der Waals surface area contributed by atoms with Gasteiger partial charge in [0.15, 0.2) is 0 Å². The molecule has 2 aliphatic heterocycles. The summed E-state index contributed by atoms with van der Waals surface area (Å²) in [6.07, 6.45) is 4.76. The van der Waals surface area contributed by atoms with Gasteiger partial charge in [0, 0.05) is 12.1 Å². The van der Waals surface area contributed by atoms with Gasteiger partial charge in [-0.3, -0.25) is 10.6 Å². The quantitative estimate of drug-likeness (QED) is 0.341. The largest absolute Gasteiger partial charge is 0.349 e. The first-order chi connectivity index (χ1) is 12.1. The monoisotopic (exact) mass is 356 g/mol. The molecule has 3 rings (SSSR count). The van der Waals surface area contributed by atoms with Crippen molar-refractivity contribution < 1.29 is 14.3 Å². The lowest BCUT2D eigenvalue weighted by Crippen LogP contribution is -2.68. The molecule has 6 atom stereocenters. The van der Waals surface area contributed by atoms with E-state index in [1.165, 1.54) is 0 Å². The first kappa shape index (κ1) is 18.8. The molecule has 2 saturated heterocycles. The fraction of sp³-hybridized carbons (Fsp3) is 0.938. The summed E-state index contributed by atoms with van der Waals surface area (Å²) in [4.78, 5) is 12.3. The summed E-state index contributed by atoms with van der Waals surface area (Å²) < 4.78 is 11.1. The normalized spacial score (nSPS) is 38.2. The number of carbonyl (C=O) groups excluding carboxylic acids is 1. The van der Waals surface area contributed by atoms with Crippen molar-refractivity contribution in [2.24, 2.45) is 5.73 Å². The van der Waals surface area contributed by atoms with Gasteiger partial charge in [0.05, 0.1) is 18.4 Å². The van der Waals surface area contributed by atoms with E-state index in [0.29, 0.717) is 19.4 Å². The summed E-state index contributed by atoms with van der Waals surface area (Å²) in [6, 6.07) is 0.269. The van der Waals surface area contributed by atoms with Crippen LogP contribution in [0.2, 0.25) is 0 Å². The minimum atomic E-state index is -0.262.